The highest BCUT2D eigenvalue weighted by atomic mass is 31.2. The molecule has 0 aliphatic rings. The third-order valence-corrected chi connectivity index (χ3v) is 8.24. The average Bonchev–Trinajstić information content (AvgIpc) is 2.83. The molecule has 208 valence electrons. The van der Waals surface area contributed by atoms with E-state index in [1.165, 1.54) is 69.8 Å². The summed E-state index contributed by atoms with van der Waals surface area (Å²) in [5.41, 5.74) is 1.75. The molecule has 0 aliphatic carbocycles. The maximum Gasteiger partial charge on any atom is 0.338 e. The standard InChI is InChI=1S/C29H53N2O4P/c1-5-7-9-10-11-12-13-14-15-16-23-31(3,4)26-27-18-20-28(21-19-27)29(32)35-24-17-22-30-36(33,34)25-8-6-2/h18-21H,5-17,22-26H2,1-4H3,(H-,30,33,34). The molecule has 1 N–H and O–H groups in total. The quantitative estimate of drug-likeness (QED) is 0.0793. The van der Waals surface area contributed by atoms with Gasteiger partial charge in [-0.2, -0.15) is 0 Å². The van der Waals surface area contributed by atoms with Gasteiger partial charge in [0.25, 0.3) is 0 Å². The molecular formula is C29H53N2O4P. The number of hydrogen-bond acceptors (Lipinski definition) is 4. The molecule has 0 bridgehead atoms. The van der Waals surface area contributed by atoms with Crippen LogP contribution in [0.1, 0.15) is 113 Å². The molecule has 1 aromatic rings. The van der Waals surface area contributed by atoms with Crippen LogP contribution in [0.2, 0.25) is 0 Å². The Kier molecular flexibility index (Phi) is 17.3. The Labute approximate surface area is 221 Å². The number of esters is 1. The number of rotatable bonds is 22. The van der Waals surface area contributed by atoms with Crippen LogP contribution < -0.4 is 9.98 Å². The third kappa shape index (κ3) is 16.5. The van der Waals surface area contributed by atoms with Crippen molar-refractivity contribution in [2.75, 3.05) is 40.0 Å². The topological polar surface area (TPSA) is 78.5 Å². The minimum atomic E-state index is -3.51. The minimum Gasteiger partial charge on any atom is -0.788 e. The van der Waals surface area contributed by atoms with Gasteiger partial charge in [-0.3, -0.25) is 5.09 Å². The summed E-state index contributed by atoms with van der Waals surface area (Å²) < 4.78 is 18.0. The van der Waals surface area contributed by atoms with Crippen LogP contribution in [-0.4, -0.2) is 50.4 Å². The Hall–Kier alpha value is -1.20. The molecule has 0 saturated heterocycles. The number of unbranched alkanes of at least 4 members (excludes halogenated alkanes) is 10. The van der Waals surface area contributed by atoms with Crippen molar-refractivity contribution in [2.45, 2.75) is 104 Å². The number of nitrogens with one attached hydrogen (secondary N) is 1. The van der Waals surface area contributed by atoms with Crippen molar-refractivity contribution in [1.82, 2.24) is 5.09 Å². The molecule has 0 amide bonds. The number of quaternary nitrogens is 1. The predicted octanol–water partition coefficient (Wildman–Crippen LogP) is 6.67. The summed E-state index contributed by atoms with van der Waals surface area (Å²) in [6.07, 6.45) is 15.7. The van der Waals surface area contributed by atoms with Crippen LogP contribution >= 0.6 is 7.52 Å². The lowest BCUT2D eigenvalue weighted by Gasteiger charge is -2.30. The van der Waals surface area contributed by atoms with Crippen molar-refractivity contribution in [1.29, 1.82) is 0 Å². The molecule has 1 unspecified atom stereocenters. The van der Waals surface area contributed by atoms with Crippen molar-refractivity contribution in [3.05, 3.63) is 35.4 Å². The van der Waals surface area contributed by atoms with Crippen molar-refractivity contribution < 1.29 is 23.5 Å². The van der Waals surface area contributed by atoms with E-state index in [0.717, 1.165) is 24.0 Å². The Bertz CT molecular complexity index is 752. The first-order valence-electron chi connectivity index (χ1n) is 14.3. The molecule has 0 spiro atoms. The van der Waals surface area contributed by atoms with E-state index < -0.39 is 7.52 Å². The molecule has 0 saturated carbocycles. The summed E-state index contributed by atoms with van der Waals surface area (Å²) >= 11 is 0. The molecule has 0 heterocycles. The molecule has 1 aromatic carbocycles. The second-order valence-corrected chi connectivity index (χ2v) is 13.0. The highest BCUT2D eigenvalue weighted by Crippen LogP contribution is 2.30. The molecular weight excluding hydrogens is 471 g/mol. The number of hydrogen-bond donors (Lipinski definition) is 1. The summed E-state index contributed by atoms with van der Waals surface area (Å²) in [4.78, 5) is 24.1. The van der Waals surface area contributed by atoms with Gasteiger partial charge in [-0.25, -0.2) is 4.79 Å². The van der Waals surface area contributed by atoms with Crippen LogP contribution in [0.5, 0.6) is 0 Å². The third-order valence-electron chi connectivity index (χ3n) is 6.63. The number of carbonyl (C=O) groups is 1. The molecule has 7 heteroatoms. The van der Waals surface area contributed by atoms with Gasteiger partial charge in [-0.1, -0.05) is 83.8 Å². The van der Waals surface area contributed by atoms with Crippen molar-refractivity contribution in [3.8, 4) is 0 Å². The molecule has 36 heavy (non-hydrogen) atoms. The summed E-state index contributed by atoms with van der Waals surface area (Å²) in [7, 11) is 1.03. The van der Waals surface area contributed by atoms with Crippen LogP contribution in [0, 0.1) is 0 Å². The smallest absolute Gasteiger partial charge is 0.338 e. The van der Waals surface area contributed by atoms with E-state index in [0.29, 0.717) is 24.9 Å². The minimum absolute atomic E-state index is 0.171. The van der Waals surface area contributed by atoms with Gasteiger partial charge < -0.3 is 18.7 Å². The molecule has 1 rings (SSSR count). The highest BCUT2D eigenvalue weighted by Gasteiger charge is 2.16. The van der Waals surface area contributed by atoms with E-state index >= 15 is 0 Å². The first-order valence-corrected chi connectivity index (χ1v) is 16.1. The van der Waals surface area contributed by atoms with Crippen LogP contribution in [0.3, 0.4) is 0 Å². The first-order chi connectivity index (χ1) is 17.2. The van der Waals surface area contributed by atoms with Crippen LogP contribution in [0.15, 0.2) is 24.3 Å². The first kappa shape index (κ1) is 32.8. The Morgan fingerprint density at radius 2 is 1.42 bits per heavy atom. The van der Waals surface area contributed by atoms with Gasteiger partial charge in [0, 0.05) is 18.3 Å². The van der Waals surface area contributed by atoms with Gasteiger partial charge in [0.1, 0.15) is 6.54 Å². The lowest BCUT2D eigenvalue weighted by molar-refractivity contribution is -0.903. The van der Waals surface area contributed by atoms with Crippen molar-refractivity contribution >= 4 is 13.5 Å². The van der Waals surface area contributed by atoms with Gasteiger partial charge >= 0.3 is 5.97 Å². The summed E-state index contributed by atoms with van der Waals surface area (Å²) in [5.74, 6) is -0.364. The summed E-state index contributed by atoms with van der Waals surface area (Å²) in [6.45, 7) is 6.82. The van der Waals surface area contributed by atoms with Gasteiger partial charge in [-0.05, 0) is 37.8 Å². The average molecular weight is 525 g/mol. The van der Waals surface area contributed by atoms with Gasteiger partial charge in [0.2, 0.25) is 0 Å². The fourth-order valence-electron chi connectivity index (χ4n) is 4.36. The molecule has 0 aliphatic heterocycles. The fourth-order valence-corrected chi connectivity index (χ4v) is 5.75. The lowest BCUT2D eigenvalue weighted by Crippen LogP contribution is -2.39. The van der Waals surface area contributed by atoms with Gasteiger partial charge in [0.15, 0.2) is 0 Å². The van der Waals surface area contributed by atoms with Gasteiger partial charge in [0.05, 0.1) is 40.3 Å². The lowest BCUT2D eigenvalue weighted by atomic mass is 10.1. The number of ether oxygens (including phenoxy) is 1. The van der Waals surface area contributed by atoms with Crippen molar-refractivity contribution in [3.63, 3.8) is 0 Å². The second-order valence-electron chi connectivity index (χ2n) is 10.8. The maximum absolute atomic E-state index is 12.3. The van der Waals surface area contributed by atoms with E-state index in [4.69, 9.17) is 4.74 Å². The largest absolute Gasteiger partial charge is 0.788 e. The summed E-state index contributed by atoms with van der Waals surface area (Å²) in [6, 6.07) is 7.68. The molecule has 0 aromatic heterocycles. The monoisotopic (exact) mass is 524 g/mol. The molecule has 0 fully saturated rings. The van der Waals surface area contributed by atoms with E-state index in [2.05, 4.69) is 26.1 Å². The molecule has 6 nitrogen and oxygen atoms in total. The Morgan fingerprint density at radius 3 is 2.00 bits per heavy atom. The fraction of sp³-hybridized carbons (Fsp3) is 0.759. The zero-order chi connectivity index (χ0) is 26.7. The van der Waals surface area contributed by atoms with Crippen LogP contribution in [-0.2, 0) is 15.8 Å². The zero-order valence-electron chi connectivity index (χ0n) is 23.6. The Balaban J connectivity index is 2.23. The number of nitrogens with zero attached hydrogens (tertiary/aromatic N) is 1. The van der Waals surface area contributed by atoms with E-state index in [1.807, 2.05) is 31.2 Å². The van der Waals surface area contributed by atoms with Gasteiger partial charge in [-0.15, -0.1) is 0 Å². The van der Waals surface area contributed by atoms with Crippen LogP contribution in [0.4, 0.5) is 0 Å². The van der Waals surface area contributed by atoms with Crippen molar-refractivity contribution in [2.24, 2.45) is 0 Å². The second kappa shape index (κ2) is 19.0. The maximum atomic E-state index is 12.3. The zero-order valence-corrected chi connectivity index (χ0v) is 24.5. The van der Waals surface area contributed by atoms with E-state index in [-0.39, 0.29) is 18.7 Å². The van der Waals surface area contributed by atoms with Crippen LogP contribution in [0.25, 0.3) is 0 Å². The number of carbonyl (C=O) groups excluding carboxylic acids is 1. The molecule has 0 radical (unpaired) electrons. The van der Waals surface area contributed by atoms with E-state index in [9.17, 15) is 14.3 Å². The SMILES string of the molecule is CCCCCCCCCCCC[N+](C)(C)Cc1ccc(C(=O)OCCCNP(=O)([O-])CCCC)cc1. The number of benzene rings is 1. The Morgan fingerprint density at radius 1 is 0.861 bits per heavy atom. The predicted molar refractivity (Wildman–Crippen MR) is 149 cm³/mol. The molecule has 1 atom stereocenters. The highest BCUT2D eigenvalue weighted by molar-refractivity contribution is 7.54. The summed E-state index contributed by atoms with van der Waals surface area (Å²) in [5, 5.41) is 2.58. The normalized spacial score (nSPS) is 13.5. The van der Waals surface area contributed by atoms with E-state index in [1.54, 1.807) is 0 Å².